The zero-order chi connectivity index (χ0) is 21.5. The number of nitrogens with zero attached hydrogens (tertiary/aromatic N) is 3. The number of phenolic OH excluding ortho intramolecular Hbond substituents is 1. The molecule has 1 saturated carbocycles. The predicted octanol–water partition coefficient (Wildman–Crippen LogP) is 3.74. The van der Waals surface area contributed by atoms with Gasteiger partial charge in [-0.25, -0.2) is 0 Å². The van der Waals surface area contributed by atoms with E-state index in [2.05, 4.69) is 10.2 Å². The number of aromatic hydroxyl groups is 1. The molecular weight excluding hydrogens is 406 g/mol. The molecule has 30 heavy (non-hydrogen) atoms. The van der Waals surface area contributed by atoms with Crippen LogP contribution < -0.4 is 0 Å². The third-order valence-electron chi connectivity index (χ3n) is 4.95. The minimum absolute atomic E-state index is 0.168. The Kier molecular flexibility index (Phi) is 7.73. The Balaban J connectivity index is 1.98. The van der Waals surface area contributed by atoms with E-state index in [0.717, 1.165) is 43.0 Å². The van der Waals surface area contributed by atoms with Gasteiger partial charge in [0.2, 0.25) is 5.25 Å². The normalized spacial score (nSPS) is 14.6. The highest BCUT2D eigenvalue weighted by Gasteiger charge is 2.34. The monoisotopic (exact) mass is 433 g/mol. The van der Waals surface area contributed by atoms with E-state index in [0.29, 0.717) is 11.0 Å². The van der Waals surface area contributed by atoms with Crippen molar-refractivity contribution in [1.82, 2.24) is 14.8 Å². The molecule has 1 aliphatic rings. The lowest BCUT2D eigenvalue weighted by Crippen LogP contribution is -2.31. The number of benzene rings is 1. The van der Waals surface area contributed by atoms with Crippen LogP contribution in [-0.2, 0) is 19.1 Å². The minimum Gasteiger partial charge on any atom is -0.508 e. The first-order chi connectivity index (χ1) is 14.5. The number of carbonyl (C=O) groups is 2. The van der Waals surface area contributed by atoms with Crippen molar-refractivity contribution in [3.05, 3.63) is 24.3 Å². The highest BCUT2D eigenvalue weighted by molar-refractivity contribution is 8.01. The number of hydrogen-bond donors (Lipinski definition) is 1. The maximum atomic E-state index is 12.4. The van der Waals surface area contributed by atoms with Crippen molar-refractivity contribution in [3.8, 4) is 17.1 Å². The molecule has 0 radical (unpaired) electrons. The Morgan fingerprint density at radius 2 is 1.67 bits per heavy atom. The van der Waals surface area contributed by atoms with Crippen LogP contribution >= 0.6 is 11.8 Å². The lowest BCUT2D eigenvalue weighted by atomic mass is 9.95. The van der Waals surface area contributed by atoms with Gasteiger partial charge in [0.25, 0.3) is 0 Å². The second kappa shape index (κ2) is 10.5. The van der Waals surface area contributed by atoms with Crippen LogP contribution in [0.5, 0.6) is 5.75 Å². The molecule has 1 aromatic carbocycles. The molecule has 0 amide bonds. The number of esters is 2. The first-order valence-corrected chi connectivity index (χ1v) is 11.2. The van der Waals surface area contributed by atoms with Crippen LogP contribution in [0.3, 0.4) is 0 Å². The number of hydrogen-bond acceptors (Lipinski definition) is 8. The average Bonchev–Trinajstić information content (AvgIpc) is 3.17. The molecule has 1 aliphatic carbocycles. The first-order valence-electron chi connectivity index (χ1n) is 10.3. The van der Waals surface area contributed by atoms with Gasteiger partial charge < -0.3 is 14.6 Å². The summed E-state index contributed by atoms with van der Waals surface area (Å²) in [5.74, 6) is -0.478. The van der Waals surface area contributed by atoms with E-state index in [1.54, 1.807) is 38.1 Å². The zero-order valence-corrected chi connectivity index (χ0v) is 18.1. The smallest absolute Gasteiger partial charge is 0.331 e. The molecule has 1 aromatic heterocycles. The van der Waals surface area contributed by atoms with E-state index in [-0.39, 0.29) is 25.0 Å². The van der Waals surface area contributed by atoms with Gasteiger partial charge in [-0.2, -0.15) is 0 Å². The van der Waals surface area contributed by atoms with E-state index < -0.39 is 17.2 Å². The Morgan fingerprint density at radius 3 is 2.23 bits per heavy atom. The number of carbonyl (C=O) groups excluding carboxylic acids is 2. The fraction of sp³-hybridized carbons (Fsp3) is 0.524. The van der Waals surface area contributed by atoms with Crippen LogP contribution in [0.25, 0.3) is 11.4 Å². The van der Waals surface area contributed by atoms with Crippen LogP contribution in [0.4, 0.5) is 0 Å². The molecule has 162 valence electrons. The summed E-state index contributed by atoms with van der Waals surface area (Å²) in [6.07, 6.45) is 5.33. The van der Waals surface area contributed by atoms with Crippen LogP contribution in [0, 0.1) is 0 Å². The standard InChI is InChI=1S/C21H27N3O5S/c1-3-28-19(26)17(20(27)29-4-2)30-21-23-22-18(14-10-12-16(25)13-11-14)24(21)15-8-6-5-7-9-15/h10-13,15,17,25H,3-9H2,1-2H3. The van der Waals surface area contributed by atoms with Crippen molar-refractivity contribution < 1.29 is 24.2 Å². The predicted molar refractivity (Wildman–Crippen MR) is 112 cm³/mol. The molecule has 0 spiro atoms. The van der Waals surface area contributed by atoms with Gasteiger partial charge in [0.1, 0.15) is 5.75 Å². The summed E-state index contributed by atoms with van der Waals surface area (Å²) in [7, 11) is 0. The summed E-state index contributed by atoms with van der Waals surface area (Å²) in [5, 5.41) is 17.6. The van der Waals surface area contributed by atoms with Crippen LogP contribution in [-0.4, -0.2) is 50.3 Å². The first kappa shape index (κ1) is 22.1. The van der Waals surface area contributed by atoms with E-state index in [4.69, 9.17) is 9.47 Å². The average molecular weight is 434 g/mol. The van der Waals surface area contributed by atoms with Crippen molar-refractivity contribution >= 4 is 23.7 Å². The van der Waals surface area contributed by atoms with Crippen LogP contribution in [0.2, 0.25) is 0 Å². The second-order valence-corrected chi connectivity index (χ2v) is 8.09. The molecule has 2 aromatic rings. The van der Waals surface area contributed by atoms with Crippen molar-refractivity contribution in [2.24, 2.45) is 0 Å². The summed E-state index contributed by atoms with van der Waals surface area (Å²) >= 11 is 1.01. The molecule has 0 saturated heterocycles. The van der Waals surface area contributed by atoms with Crippen LogP contribution in [0.15, 0.2) is 29.4 Å². The third kappa shape index (κ3) is 5.13. The molecular formula is C21H27N3O5S. The highest BCUT2D eigenvalue weighted by Crippen LogP contribution is 2.37. The van der Waals surface area contributed by atoms with Gasteiger partial charge in [-0.1, -0.05) is 31.0 Å². The molecule has 1 N–H and O–H groups in total. The van der Waals surface area contributed by atoms with Gasteiger partial charge in [0.05, 0.1) is 13.2 Å². The zero-order valence-electron chi connectivity index (χ0n) is 17.2. The maximum absolute atomic E-state index is 12.4. The Hall–Kier alpha value is -2.55. The van der Waals surface area contributed by atoms with Gasteiger partial charge in [0.15, 0.2) is 11.0 Å². The molecule has 0 aliphatic heterocycles. The molecule has 8 nitrogen and oxygen atoms in total. The van der Waals surface area contributed by atoms with Gasteiger partial charge in [-0.3, -0.25) is 14.2 Å². The third-order valence-corrected chi connectivity index (χ3v) is 6.06. The van der Waals surface area contributed by atoms with Gasteiger partial charge >= 0.3 is 11.9 Å². The van der Waals surface area contributed by atoms with E-state index in [1.807, 2.05) is 4.57 Å². The number of aromatic nitrogens is 3. The number of thioether (sulfide) groups is 1. The lowest BCUT2D eigenvalue weighted by molar-refractivity contribution is -0.152. The second-order valence-electron chi connectivity index (χ2n) is 7.02. The van der Waals surface area contributed by atoms with E-state index in [1.165, 1.54) is 6.42 Å². The van der Waals surface area contributed by atoms with Gasteiger partial charge in [0, 0.05) is 11.6 Å². The molecule has 0 bridgehead atoms. The number of rotatable bonds is 8. The number of phenols is 1. The van der Waals surface area contributed by atoms with Crippen molar-refractivity contribution in [2.75, 3.05) is 13.2 Å². The van der Waals surface area contributed by atoms with Crippen molar-refractivity contribution in [2.45, 2.75) is 62.4 Å². The van der Waals surface area contributed by atoms with Crippen LogP contribution in [0.1, 0.15) is 52.0 Å². The Bertz CT molecular complexity index is 844. The molecule has 0 unspecified atom stereocenters. The van der Waals surface area contributed by atoms with Gasteiger partial charge in [-0.05, 0) is 51.0 Å². The summed E-state index contributed by atoms with van der Waals surface area (Å²) in [5.41, 5.74) is 0.807. The molecule has 1 heterocycles. The molecule has 0 atom stereocenters. The topological polar surface area (TPSA) is 104 Å². The Morgan fingerprint density at radius 1 is 1.07 bits per heavy atom. The molecule has 1 fully saturated rings. The Labute approximate surface area is 180 Å². The lowest BCUT2D eigenvalue weighted by Gasteiger charge is -2.26. The highest BCUT2D eigenvalue weighted by atomic mass is 32.2. The summed E-state index contributed by atoms with van der Waals surface area (Å²) in [6, 6.07) is 6.93. The van der Waals surface area contributed by atoms with Gasteiger partial charge in [-0.15, -0.1) is 10.2 Å². The van der Waals surface area contributed by atoms with Crippen molar-refractivity contribution in [3.63, 3.8) is 0 Å². The van der Waals surface area contributed by atoms with Crippen molar-refractivity contribution in [1.29, 1.82) is 0 Å². The van der Waals surface area contributed by atoms with E-state index >= 15 is 0 Å². The molecule has 3 rings (SSSR count). The summed E-state index contributed by atoms with van der Waals surface area (Å²) in [4.78, 5) is 24.9. The fourth-order valence-electron chi connectivity index (χ4n) is 3.57. The summed E-state index contributed by atoms with van der Waals surface area (Å²) < 4.78 is 12.2. The number of ether oxygens (including phenoxy) is 2. The molecule has 9 heteroatoms. The minimum atomic E-state index is -1.16. The van der Waals surface area contributed by atoms with E-state index in [9.17, 15) is 14.7 Å². The SMILES string of the molecule is CCOC(=O)C(Sc1nnc(-c2ccc(O)cc2)n1C1CCCCC1)C(=O)OCC. The quantitative estimate of drug-likeness (QED) is 0.381. The fourth-order valence-corrected chi connectivity index (χ4v) is 4.54. The maximum Gasteiger partial charge on any atom is 0.331 e. The largest absolute Gasteiger partial charge is 0.508 e. The summed E-state index contributed by atoms with van der Waals surface area (Å²) in [6.45, 7) is 3.73.